The second-order valence-corrected chi connectivity index (χ2v) is 4.41. The molecule has 0 amide bonds. The van der Waals surface area contributed by atoms with Gasteiger partial charge in [0.1, 0.15) is 0 Å². The van der Waals surface area contributed by atoms with E-state index >= 15 is 0 Å². The van der Waals surface area contributed by atoms with E-state index < -0.39 is 0 Å². The van der Waals surface area contributed by atoms with Crippen LogP contribution in [0.2, 0.25) is 0 Å². The Balaban J connectivity index is 3.29. The third-order valence-electron chi connectivity index (χ3n) is 3.10. The van der Waals surface area contributed by atoms with Crippen LogP contribution in [0.5, 0.6) is 0 Å². The highest BCUT2D eigenvalue weighted by Gasteiger charge is 2.21. The second-order valence-electron chi connectivity index (χ2n) is 4.41. The van der Waals surface area contributed by atoms with Crippen molar-refractivity contribution in [1.29, 1.82) is 0 Å². The Kier molecular flexibility index (Phi) is 9.12. The maximum absolute atomic E-state index is 5.31. The van der Waals surface area contributed by atoms with Gasteiger partial charge in [0.25, 0.3) is 0 Å². The molecule has 0 rings (SSSR count). The molecule has 0 heterocycles. The summed E-state index contributed by atoms with van der Waals surface area (Å²) >= 11 is 0. The molecule has 0 aliphatic heterocycles. The number of hydrogen-bond acceptors (Lipinski definition) is 2. The first-order valence-corrected chi connectivity index (χ1v) is 6.29. The first-order valence-electron chi connectivity index (χ1n) is 6.29. The highest BCUT2D eigenvalue weighted by molar-refractivity contribution is 4.61. The summed E-state index contributed by atoms with van der Waals surface area (Å²) in [5.41, 5.74) is 0. The van der Waals surface area contributed by atoms with Gasteiger partial charge in [-0.25, -0.2) is 0 Å². The van der Waals surface area contributed by atoms with Crippen molar-refractivity contribution < 1.29 is 9.47 Å². The average molecular weight is 216 g/mol. The Hall–Kier alpha value is -0.0800. The first kappa shape index (κ1) is 14.9. The minimum absolute atomic E-state index is 0.372. The van der Waals surface area contributed by atoms with Crippen molar-refractivity contribution in [1.82, 2.24) is 0 Å². The van der Waals surface area contributed by atoms with Gasteiger partial charge in [0, 0.05) is 20.6 Å². The third-order valence-corrected chi connectivity index (χ3v) is 3.10. The fourth-order valence-electron chi connectivity index (χ4n) is 1.69. The fourth-order valence-corrected chi connectivity index (χ4v) is 1.69. The SMILES string of the molecule is CCCCCCCCCC(C)(OC)OC. The van der Waals surface area contributed by atoms with Gasteiger partial charge in [-0.15, -0.1) is 0 Å². The van der Waals surface area contributed by atoms with Crippen LogP contribution in [0.25, 0.3) is 0 Å². The van der Waals surface area contributed by atoms with E-state index in [1.165, 1.54) is 44.9 Å². The van der Waals surface area contributed by atoms with Crippen molar-refractivity contribution in [2.24, 2.45) is 0 Å². The first-order chi connectivity index (χ1) is 7.18. The zero-order chi connectivity index (χ0) is 11.6. The largest absolute Gasteiger partial charge is 0.353 e. The van der Waals surface area contributed by atoms with Crippen molar-refractivity contribution in [3.63, 3.8) is 0 Å². The Morgan fingerprint density at radius 3 is 1.73 bits per heavy atom. The molecule has 0 saturated carbocycles. The molecule has 0 aliphatic carbocycles. The molecule has 0 aliphatic rings. The van der Waals surface area contributed by atoms with Gasteiger partial charge in [-0.2, -0.15) is 0 Å². The van der Waals surface area contributed by atoms with Crippen molar-refractivity contribution in [2.75, 3.05) is 14.2 Å². The van der Waals surface area contributed by atoms with Crippen LogP contribution >= 0.6 is 0 Å². The van der Waals surface area contributed by atoms with Gasteiger partial charge in [0.2, 0.25) is 0 Å². The number of methoxy groups -OCH3 is 2. The molecule has 15 heavy (non-hydrogen) atoms. The Morgan fingerprint density at radius 1 is 0.800 bits per heavy atom. The molecule has 0 N–H and O–H groups in total. The van der Waals surface area contributed by atoms with E-state index in [0.717, 1.165) is 6.42 Å². The third kappa shape index (κ3) is 7.80. The standard InChI is InChI=1S/C13H28O2/c1-5-6-7-8-9-10-11-12-13(2,14-3)15-4/h5-12H2,1-4H3. The van der Waals surface area contributed by atoms with E-state index in [4.69, 9.17) is 9.47 Å². The quantitative estimate of drug-likeness (QED) is 0.404. The van der Waals surface area contributed by atoms with E-state index in [0.29, 0.717) is 0 Å². The summed E-state index contributed by atoms with van der Waals surface area (Å²) in [6.45, 7) is 4.26. The lowest BCUT2D eigenvalue weighted by Crippen LogP contribution is -2.29. The van der Waals surface area contributed by atoms with E-state index in [9.17, 15) is 0 Å². The minimum atomic E-state index is -0.372. The Labute approximate surface area is 95.3 Å². The summed E-state index contributed by atoms with van der Waals surface area (Å²) < 4.78 is 10.6. The molecule has 0 atom stereocenters. The van der Waals surface area contributed by atoms with Crippen LogP contribution in [-0.4, -0.2) is 20.0 Å². The van der Waals surface area contributed by atoms with Crippen LogP contribution in [0.15, 0.2) is 0 Å². The van der Waals surface area contributed by atoms with E-state index in [2.05, 4.69) is 6.92 Å². The predicted octanol–water partition coefficient (Wildman–Crippen LogP) is 4.14. The van der Waals surface area contributed by atoms with Crippen molar-refractivity contribution in [2.45, 2.75) is 71.0 Å². The summed E-state index contributed by atoms with van der Waals surface area (Å²) in [5.74, 6) is -0.372. The van der Waals surface area contributed by atoms with Gasteiger partial charge in [0.15, 0.2) is 5.79 Å². The van der Waals surface area contributed by atoms with Crippen LogP contribution in [0.4, 0.5) is 0 Å². The van der Waals surface area contributed by atoms with E-state index in [1.54, 1.807) is 14.2 Å². The van der Waals surface area contributed by atoms with Gasteiger partial charge in [-0.05, 0) is 13.3 Å². The van der Waals surface area contributed by atoms with Crippen LogP contribution in [0.3, 0.4) is 0 Å². The minimum Gasteiger partial charge on any atom is -0.353 e. The average Bonchev–Trinajstić information content (AvgIpc) is 2.27. The Bertz CT molecular complexity index is 130. The van der Waals surface area contributed by atoms with E-state index in [-0.39, 0.29) is 5.79 Å². The molecule has 0 saturated heterocycles. The van der Waals surface area contributed by atoms with Crippen LogP contribution in [-0.2, 0) is 9.47 Å². The lowest BCUT2D eigenvalue weighted by Gasteiger charge is -2.26. The topological polar surface area (TPSA) is 18.5 Å². The molecule has 0 bridgehead atoms. The molecule has 0 fully saturated rings. The van der Waals surface area contributed by atoms with E-state index in [1.807, 2.05) is 6.92 Å². The highest BCUT2D eigenvalue weighted by atomic mass is 16.7. The van der Waals surface area contributed by atoms with Crippen LogP contribution in [0, 0.1) is 0 Å². The van der Waals surface area contributed by atoms with Gasteiger partial charge in [-0.3, -0.25) is 0 Å². The van der Waals surface area contributed by atoms with Crippen molar-refractivity contribution in [3.05, 3.63) is 0 Å². The zero-order valence-corrected chi connectivity index (χ0v) is 11.0. The Morgan fingerprint density at radius 2 is 1.27 bits per heavy atom. The molecule has 0 spiro atoms. The lowest BCUT2D eigenvalue weighted by atomic mass is 10.1. The molecule has 0 aromatic carbocycles. The molecule has 0 aromatic heterocycles. The van der Waals surface area contributed by atoms with Gasteiger partial charge in [-0.1, -0.05) is 45.4 Å². The zero-order valence-electron chi connectivity index (χ0n) is 11.0. The molecular weight excluding hydrogens is 188 g/mol. The number of unbranched alkanes of at least 4 members (excludes halogenated alkanes) is 6. The predicted molar refractivity (Wildman–Crippen MR) is 65.0 cm³/mol. The summed E-state index contributed by atoms with van der Waals surface area (Å²) in [6.07, 6.45) is 10.3. The highest BCUT2D eigenvalue weighted by Crippen LogP contribution is 2.19. The molecule has 2 nitrogen and oxygen atoms in total. The normalized spacial score (nSPS) is 12.0. The van der Waals surface area contributed by atoms with Crippen molar-refractivity contribution >= 4 is 0 Å². The number of hydrogen-bond donors (Lipinski definition) is 0. The smallest absolute Gasteiger partial charge is 0.164 e. The summed E-state index contributed by atoms with van der Waals surface area (Å²) in [4.78, 5) is 0. The van der Waals surface area contributed by atoms with Crippen LogP contribution in [0.1, 0.15) is 65.2 Å². The molecule has 0 aromatic rings. The lowest BCUT2D eigenvalue weighted by molar-refractivity contribution is -0.197. The van der Waals surface area contributed by atoms with Gasteiger partial charge < -0.3 is 9.47 Å². The molecular formula is C13H28O2. The molecule has 0 unspecified atom stereocenters. The molecule has 0 radical (unpaired) electrons. The number of ether oxygens (including phenoxy) is 2. The molecule has 2 heteroatoms. The summed E-state index contributed by atoms with van der Waals surface area (Å²) in [6, 6.07) is 0. The second kappa shape index (κ2) is 9.17. The summed E-state index contributed by atoms with van der Waals surface area (Å²) in [5, 5.41) is 0. The van der Waals surface area contributed by atoms with Gasteiger partial charge >= 0.3 is 0 Å². The van der Waals surface area contributed by atoms with Gasteiger partial charge in [0.05, 0.1) is 0 Å². The van der Waals surface area contributed by atoms with Crippen molar-refractivity contribution in [3.8, 4) is 0 Å². The fraction of sp³-hybridized carbons (Fsp3) is 1.00. The maximum atomic E-state index is 5.31. The monoisotopic (exact) mass is 216 g/mol. The maximum Gasteiger partial charge on any atom is 0.164 e. The summed E-state index contributed by atoms with van der Waals surface area (Å²) in [7, 11) is 3.43. The molecule has 92 valence electrons. The number of rotatable bonds is 10. The van der Waals surface area contributed by atoms with Crippen LogP contribution < -0.4 is 0 Å².